The second-order valence-electron chi connectivity index (χ2n) is 3.57. The highest BCUT2D eigenvalue weighted by Crippen LogP contribution is 2.30. The Morgan fingerprint density at radius 1 is 1.47 bits per heavy atom. The molecule has 1 atom stereocenters. The largest absolute Gasteiger partial charge is 0.315 e. The van der Waals surface area contributed by atoms with Crippen molar-refractivity contribution in [2.75, 3.05) is 13.1 Å². The molecule has 0 radical (unpaired) electrons. The topological polar surface area (TPSA) is 46.2 Å². The Kier molecular flexibility index (Phi) is 3.35. The van der Waals surface area contributed by atoms with Crippen LogP contribution >= 0.6 is 22.9 Å². The first-order valence-electron chi connectivity index (χ1n) is 4.80. The van der Waals surface area contributed by atoms with Gasteiger partial charge in [0.05, 0.1) is 9.59 Å². The molecule has 0 aromatic carbocycles. The van der Waals surface area contributed by atoms with Crippen LogP contribution in [-0.2, 0) is 9.84 Å². The van der Waals surface area contributed by atoms with Crippen LogP contribution in [0.5, 0.6) is 0 Å². The van der Waals surface area contributed by atoms with Gasteiger partial charge in [-0.25, -0.2) is 8.42 Å². The standard InChI is InChI=1S/C9H12ClNO2S2/c10-8-3-4-9(14-8)15(12,13)7-2-1-5-11-6-7/h3-4,7,11H,1-2,5-6H2. The lowest BCUT2D eigenvalue weighted by atomic mass is 10.2. The van der Waals surface area contributed by atoms with Gasteiger partial charge in [-0.1, -0.05) is 11.6 Å². The van der Waals surface area contributed by atoms with E-state index in [1.807, 2.05) is 0 Å². The highest BCUT2D eigenvalue weighted by Gasteiger charge is 2.29. The van der Waals surface area contributed by atoms with Gasteiger partial charge in [0, 0.05) is 6.54 Å². The second-order valence-corrected chi connectivity index (χ2v) is 7.74. The van der Waals surface area contributed by atoms with Crippen molar-refractivity contribution < 1.29 is 8.42 Å². The molecule has 0 saturated carbocycles. The molecule has 1 aromatic heterocycles. The first-order valence-corrected chi connectivity index (χ1v) is 7.55. The maximum absolute atomic E-state index is 12.1. The van der Waals surface area contributed by atoms with E-state index < -0.39 is 9.84 Å². The highest BCUT2D eigenvalue weighted by atomic mass is 35.5. The number of hydrogen-bond acceptors (Lipinski definition) is 4. The van der Waals surface area contributed by atoms with E-state index in [1.54, 1.807) is 12.1 Å². The minimum absolute atomic E-state index is 0.291. The Bertz CT molecular complexity index is 435. The summed E-state index contributed by atoms with van der Waals surface area (Å²) in [6, 6.07) is 3.23. The minimum Gasteiger partial charge on any atom is -0.315 e. The van der Waals surface area contributed by atoms with Crippen LogP contribution in [0.2, 0.25) is 4.34 Å². The minimum atomic E-state index is -3.17. The van der Waals surface area contributed by atoms with E-state index in [2.05, 4.69) is 5.32 Å². The van der Waals surface area contributed by atoms with Crippen molar-refractivity contribution in [1.29, 1.82) is 0 Å². The molecule has 0 amide bonds. The third-order valence-electron chi connectivity index (χ3n) is 2.52. The number of thiophene rings is 1. The zero-order valence-electron chi connectivity index (χ0n) is 8.07. The molecule has 1 N–H and O–H groups in total. The van der Waals surface area contributed by atoms with E-state index in [9.17, 15) is 8.42 Å². The average Bonchev–Trinajstić information content (AvgIpc) is 2.67. The van der Waals surface area contributed by atoms with Gasteiger partial charge in [0.25, 0.3) is 0 Å². The van der Waals surface area contributed by atoms with Crippen molar-refractivity contribution in [1.82, 2.24) is 5.32 Å². The smallest absolute Gasteiger partial charge is 0.191 e. The summed E-state index contributed by atoms with van der Waals surface area (Å²) in [5.41, 5.74) is 0. The molecular formula is C9H12ClNO2S2. The Morgan fingerprint density at radius 2 is 2.27 bits per heavy atom. The maximum atomic E-state index is 12.1. The number of rotatable bonds is 2. The maximum Gasteiger partial charge on any atom is 0.191 e. The Labute approximate surface area is 98.4 Å². The molecular weight excluding hydrogens is 254 g/mol. The van der Waals surface area contributed by atoms with Gasteiger partial charge < -0.3 is 5.32 Å². The quantitative estimate of drug-likeness (QED) is 0.889. The van der Waals surface area contributed by atoms with E-state index in [1.165, 1.54) is 0 Å². The van der Waals surface area contributed by atoms with E-state index in [0.717, 1.165) is 30.7 Å². The van der Waals surface area contributed by atoms with Crippen LogP contribution in [-0.4, -0.2) is 26.8 Å². The van der Waals surface area contributed by atoms with E-state index in [4.69, 9.17) is 11.6 Å². The van der Waals surface area contributed by atoms with Crippen molar-refractivity contribution in [2.24, 2.45) is 0 Å². The highest BCUT2D eigenvalue weighted by molar-refractivity contribution is 7.94. The van der Waals surface area contributed by atoms with Crippen LogP contribution in [0, 0.1) is 0 Å². The number of sulfone groups is 1. The van der Waals surface area contributed by atoms with Gasteiger partial charge in [0.2, 0.25) is 0 Å². The molecule has 0 bridgehead atoms. The molecule has 84 valence electrons. The Hall–Kier alpha value is -0.100. The fourth-order valence-electron chi connectivity index (χ4n) is 1.70. The van der Waals surface area contributed by atoms with Crippen molar-refractivity contribution in [3.05, 3.63) is 16.5 Å². The Morgan fingerprint density at radius 3 is 2.80 bits per heavy atom. The number of piperidine rings is 1. The zero-order valence-corrected chi connectivity index (χ0v) is 10.5. The third kappa shape index (κ3) is 2.36. The van der Waals surface area contributed by atoms with Crippen molar-refractivity contribution >= 4 is 32.8 Å². The summed E-state index contributed by atoms with van der Waals surface area (Å²) in [5.74, 6) is 0. The molecule has 2 heterocycles. The van der Waals surface area contributed by atoms with Gasteiger partial charge in [-0.2, -0.15) is 0 Å². The summed E-state index contributed by atoms with van der Waals surface area (Å²) in [6.07, 6.45) is 1.66. The van der Waals surface area contributed by atoms with Crippen molar-refractivity contribution in [3.8, 4) is 0 Å². The molecule has 0 spiro atoms. The van der Waals surface area contributed by atoms with Gasteiger partial charge in [-0.15, -0.1) is 11.3 Å². The van der Waals surface area contributed by atoms with Crippen molar-refractivity contribution in [2.45, 2.75) is 22.3 Å². The van der Waals surface area contributed by atoms with Crippen LogP contribution in [0.15, 0.2) is 16.3 Å². The van der Waals surface area contributed by atoms with Crippen molar-refractivity contribution in [3.63, 3.8) is 0 Å². The lowest BCUT2D eigenvalue weighted by Crippen LogP contribution is -2.38. The molecule has 1 aliphatic rings. The van der Waals surface area contributed by atoms with Gasteiger partial charge in [-0.3, -0.25) is 0 Å². The molecule has 1 unspecified atom stereocenters. The summed E-state index contributed by atoms with van der Waals surface area (Å²) in [6.45, 7) is 1.47. The van der Waals surface area contributed by atoms with E-state index in [-0.39, 0.29) is 5.25 Å². The second kappa shape index (κ2) is 4.41. The predicted molar refractivity (Wildman–Crippen MR) is 62.4 cm³/mol. The Balaban J connectivity index is 2.26. The summed E-state index contributed by atoms with van der Waals surface area (Å²) >= 11 is 6.88. The molecule has 15 heavy (non-hydrogen) atoms. The third-order valence-corrected chi connectivity index (χ3v) is 6.47. The van der Waals surface area contributed by atoms with Gasteiger partial charge in [0.15, 0.2) is 9.84 Å². The van der Waals surface area contributed by atoms with Crippen LogP contribution in [0.3, 0.4) is 0 Å². The van der Waals surface area contributed by atoms with Crippen LogP contribution < -0.4 is 5.32 Å². The number of halogens is 1. The monoisotopic (exact) mass is 265 g/mol. The molecule has 1 aromatic rings. The summed E-state index contributed by atoms with van der Waals surface area (Å²) in [5, 5.41) is 2.82. The SMILES string of the molecule is O=S(=O)(c1ccc(Cl)s1)C1CCCNC1. The number of hydrogen-bond donors (Lipinski definition) is 1. The molecule has 0 aliphatic carbocycles. The van der Waals surface area contributed by atoms with Crippen LogP contribution in [0.25, 0.3) is 0 Å². The number of nitrogens with one attached hydrogen (secondary N) is 1. The first kappa shape index (κ1) is 11.4. The summed E-state index contributed by atoms with van der Waals surface area (Å²) in [7, 11) is -3.17. The molecule has 6 heteroatoms. The van der Waals surface area contributed by atoms with Crippen LogP contribution in [0.1, 0.15) is 12.8 Å². The van der Waals surface area contributed by atoms with Gasteiger partial charge in [-0.05, 0) is 31.5 Å². The van der Waals surface area contributed by atoms with E-state index in [0.29, 0.717) is 15.1 Å². The normalized spacial score (nSPS) is 22.9. The van der Waals surface area contributed by atoms with Crippen LogP contribution in [0.4, 0.5) is 0 Å². The lowest BCUT2D eigenvalue weighted by molar-refractivity contribution is 0.498. The fraction of sp³-hybridized carbons (Fsp3) is 0.556. The average molecular weight is 266 g/mol. The first-order chi connectivity index (χ1) is 7.10. The molecule has 2 rings (SSSR count). The van der Waals surface area contributed by atoms with Gasteiger partial charge >= 0.3 is 0 Å². The summed E-state index contributed by atoms with van der Waals surface area (Å²) < 4.78 is 25.1. The lowest BCUT2D eigenvalue weighted by Gasteiger charge is -2.21. The predicted octanol–water partition coefficient (Wildman–Crippen LogP) is 1.93. The fourth-order valence-corrected chi connectivity index (χ4v) is 5.16. The summed E-state index contributed by atoms with van der Waals surface area (Å²) in [4.78, 5) is 0. The molecule has 1 aliphatic heterocycles. The zero-order chi connectivity index (χ0) is 10.9. The molecule has 1 saturated heterocycles. The molecule has 3 nitrogen and oxygen atoms in total. The molecule has 1 fully saturated rings. The van der Waals surface area contributed by atoms with Gasteiger partial charge in [0.1, 0.15) is 4.21 Å². The van der Waals surface area contributed by atoms with E-state index >= 15 is 0 Å².